The van der Waals surface area contributed by atoms with Crippen LogP contribution in [-0.4, -0.2) is 27.5 Å². The molecular weight excluding hydrogens is 318 g/mol. The van der Waals surface area contributed by atoms with Crippen molar-refractivity contribution in [3.8, 4) is 0 Å². The lowest BCUT2D eigenvalue weighted by atomic mass is 10.0. The van der Waals surface area contributed by atoms with Crippen LogP contribution < -0.4 is 5.32 Å². The van der Waals surface area contributed by atoms with Crippen molar-refractivity contribution in [2.45, 2.75) is 19.8 Å². The molecule has 0 aromatic carbocycles. The minimum absolute atomic E-state index is 0.124. The lowest BCUT2D eigenvalue weighted by Gasteiger charge is -2.13. The van der Waals surface area contributed by atoms with Crippen LogP contribution in [0.4, 0.5) is 11.5 Å². The highest BCUT2D eigenvalue weighted by atomic mass is 79.9. The van der Waals surface area contributed by atoms with E-state index in [0.29, 0.717) is 16.7 Å². The van der Waals surface area contributed by atoms with Gasteiger partial charge >= 0.3 is 5.97 Å². The van der Waals surface area contributed by atoms with Crippen LogP contribution in [0.2, 0.25) is 0 Å². The Morgan fingerprint density at radius 2 is 2.37 bits per heavy atom. The molecule has 1 atom stereocenters. The van der Waals surface area contributed by atoms with Crippen molar-refractivity contribution in [2.24, 2.45) is 5.92 Å². The Kier molecular flexibility index (Phi) is 5.68. The number of hydrogen-bond acceptors (Lipinski definition) is 5. The van der Waals surface area contributed by atoms with Crippen molar-refractivity contribution < 1.29 is 14.8 Å². The normalized spacial score (nSPS) is 11.9. The van der Waals surface area contributed by atoms with E-state index in [1.54, 1.807) is 0 Å². The number of halogens is 1. The highest BCUT2D eigenvalue weighted by Crippen LogP contribution is 2.24. The van der Waals surface area contributed by atoms with E-state index in [0.717, 1.165) is 12.6 Å². The number of nitro groups is 1. The lowest BCUT2D eigenvalue weighted by Crippen LogP contribution is -2.23. The van der Waals surface area contributed by atoms with E-state index in [9.17, 15) is 14.9 Å². The molecule has 0 aliphatic heterocycles. The molecule has 0 fully saturated rings. The molecule has 0 saturated heterocycles. The van der Waals surface area contributed by atoms with Gasteiger partial charge in [0.05, 0.1) is 15.3 Å². The van der Waals surface area contributed by atoms with Gasteiger partial charge in [-0.2, -0.15) is 0 Å². The Morgan fingerprint density at radius 3 is 2.84 bits per heavy atom. The predicted octanol–water partition coefficient (Wildman–Crippen LogP) is 2.67. The molecule has 0 radical (unpaired) electrons. The summed E-state index contributed by atoms with van der Waals surface area (Å²) in [7, 11) is 0. The number of anilines is 1. The molecule has 0 spiro atoms. The molecule has 1 aromatic rings. The predicted molar refractivity (Wildman–Crippen MR) is 73.1 cm³/mol. The molecule has 8 heteroatoms. The van der Waals surface area contributed by atoms with E-state index in [2.05, 4.69) is 26.2 Å². The van der Waals surface area contributed by atoms with Crippen molar-refractivity contribution in [1.29, 1.82) is 0 Å². The number of aromatic nitrogens is 1. The van der Waals surface area contributed by atoms with Crippen molar-refractivity contribution in [1.82, 2.24) is 4.98 Å². The van der Waals surface area contributed by atoms with Crippen LogP contribution in [-0.2, 0) is 4.79 Å². The van der Waals surface area contributed by atoms with Gasteiger partial charge in [-0.25, -0.2) is 4.98 Å². The van der Waals surface area contributed by atoms with E-state index in [1.807, 2.05) is 6.92 Å². The smallest absolute Gasteiger partial charge is 0.308 e. The van der Waals surface area contributed by atoms with Crippen LogP contribution in [0.15, 0.2) is 16.7 Å². The second kappa shape index (κ2) is 7.03. The Bertz CT molecular complexity index is 481. The van der Waals surface area contributed by atoms with Gasteiger partial charge in [-0.15, -0.1) is 0 Å². The summed E-state index contributed by atoms with van der Waals surface area (Å²) >= 11 is 3.16. The van der Waals surface area contributed by atoms with E-state index in [-0.39, 0.29) is 12.2 Å². The number of hydrogen-bond donors (Lipinski definition) is 2. The zero-order chi connectivity index (χ0) is 14.4. The average Bonchev–Trinajstić information content (AvgIpc) is 2.35. The molecule has 1 unspecified atom stereocenters. The third kappa shape index (κ3) is 4.47. The molecule has 1 rings (SSSR count). The molecule has 1 heterocycles. The Labute approximate surface area is 118 Å². The second-order valence-corrected chi connectivity index (χ2v) is 4.84. The monoisotopic (exact) mass is 331 g/mol. The fraction of sp³-hybridized carbons (Fsp3) is 0.455. The first-order valence-corrected chi connectivity index (χ1v) is 6.51. The van der Waals surface area contributed by atoms with Gasteiger partial charge in [0.25, 0.3) is 5.69 Å². The fourth-order valence-corrected chi connectivity index (χ4v) is 2.02. The summed E-state index contributed by atoms with van der Waals surface area (Å²) in [4.78, 5) is 24.9. The van der Waals surface area contributed by atoms with Crippen LogP contribution in [0.5, 0.6) is 0 Å². The van der Waals surface area contributed by atoms with Crippen molar-refractivity contribution >= 4 is 33.4 Å². The highest BCUT2D eigenvalue weighted by molar-refractivity contribution is 9.10. The first-order valence-electron chi connectivity index (χ1n) is 5.72. The number of aliphatic carboxylic acids is 1. The minimum Gasteiger partial charge on any atom is -0.481 e. The maximum absolute atomic E-state index is 11.0. The SMILES string of the molecule is CCCC(CNc1ncc([N+](=O)[O-])cc1Br)C(=O)O. The number of carboxylic acid groups (broad SMARTS) is 1. The van der Waals surface area contributed by atoms with Crippen LogP contribution >= 0.6 is 15.9 Å². The molecule has 104 valence electrons. The lowest BCUT2D eigenvalue weighted by molar-refractivity contribution is -0.385. The number of carboxylic acids is 1. The summed E-state index contributed by atoms with van der Waals surface area (Å²) in [6.07, 6.45) is 2.46. The van der Waals surface area contributed by atoms with E-state index < -0.39 is 16.8 Å². The summed E-state index contributed by atoms with van der Waals surface area (Å²) in [5, 5.41) is 22.4. The number of rotatable bonds is 7. The fourth-order valence-electron chi connectivity index (χ4n) is 1.54. The van der Waals surface area contributed by atoms with Gasteiger partial charge in [0.2, 0.25) is 0 Å². The van der Waals surface area contributed by atoms with Crippen LogP contribution in [0.1, 0.15) is 19.8 Å². The summed E-state index contributed by atoms with van der Waals surface area (Å²) in [5.41, 5.74) is -0.124. The van der Waals surface area contributed by atoms with Gasteiger partial charge in [-0.1, -0.05) is 13.3 Å². The van der Waals surface area contributed by atoms with Crippen molar-refractivity contribution in [2.75, 3.05) is 11.9 Å². The zero-order valence-corrected chi connectivity index (χ0v) is 11.9. The van der Waals surface area contributed by atoms with Gasteiger partial charge in [-0.3, -0.25) is 14.9 Å². The topological polar surface area (TPSA) is 105 Å². The van der Waals surface area contributed by atoms with Crippen molar-refractivity contribution in [3.05, 3.63) is 26.9 Å². The summed E-state index contributed by atoms with van der Waals surface area (Å²) < 4.78 is 0.433. The number of pyridine rings is 1. The van der Waals surface area contributed by atoms with Gasteiger partial charge in [0.15, 0.2) is 0 Å². The molecule has 7 nitrogen and oxygen atoms in total. The van der Waals surface area contributed by atoms with Gasteiger partial charge < -0.3 is 10.4 Å². The second-order valence-electron chi connectivity index (χ2n) is 3.99. The van der Waals surface area contributed by atoms with E-state index in [4.69, 9.17) is 5.11 Å². The Balaban J connectivity index is 2.72. The third-order valence-electron chi connectivity index (χ3n) is 2.54. The maximum atomic E-state index is 11.0. The average molecular weight is 332 g/mol. The molecule has 0 amide bonds. The first-order chi connectivity index (χ1) is 8.95. The quantitative estimate of drug-likeness (QED) is 0.587. The van der Waals surface area contributed by atoms with Gasteiger partial charge in [-0.05, 0) is 22.4 Å². The van der Waals surface area contributed by atoms with E-state index >= 15 is 0 Å². The van der Waals surface area contributed by atoms with E-state index in [1.165, 1.54) is 6.07 Å². The summed E-state index contributed by atoms with van der Waals surface area (Å²) in [6.45, 7) is 2.14. The summed E-state index contributed by atoms with van der Waals surface area (Å²) in [6, 6.07) is 1.32. The molecule has 1 aromatic heterocycles. The number of carbonyl (C=O) groups is 1. The first kappa shape index (κ1) is 15.4. The van der Waals surface area contributed by atoms with Crippen LogP contribution in [0, 0.1) is 16.0 Å². The molecule has 2 N–H and O–H groups in total. The van der Waals surface area contributed by atoms with Gasteiger partial charge in [0.1, 0.15) is 12.0 Å². The number of nitrogens with zero attached hydrogens (tertiary/aromatic N) is 2. The molecule has 0 aliphatic rings. The molecule has 0 bridgehead atoms. The van der Waals surface area contributed by atoms with Crippen LogP contribution in [0.3, 0.4) is 0 Å². The minimum atomic E-state index is -0.868. The Morgan fingerprint density at radius 1 is 1.68 bits per heavy atom. The van der Waals surface area contributed by atoms with Crippen molar-refractivity contribution in [3.63, 3.8) is 0 Å². The molecule has 0 aliphatic carbocycles. The highest BCUT2D eigenvalue weighted by Gasteiger charge is 2.17. The molecular formula is C11H14BrN3O4. The van der Waals surface area contributed by atoms with Crippen LogP contribution in [0.25, 0.3) is 0 Å². The number of nitrogens with one attached hydrogen (secondary N) is 1. The third-order valence-corrected chi connectivity index (χ3v) is 3.14. The molecule has 19 heavy (non-hydrogen) atoms. The standard InChI is InChI=1S/C11H14BrN3O4/c1-2-3-7(11(16)17)5-13-10-9(12)4-8(6-14-10)15(18)19/h4,6-7H,2-3,5H2,1H3,(H,13,14)(H,16,17). The Hall–Kier alpha value is -1.70. The summed E-state index contributed by atoms with van der Waals surface area (Å²) in [5.74, 6) is -0.978. The largest absolute Gasteiger partial charge is 0.481 e. The van der Waals surface area contributed by atoms with Gasteiger partial charge in [0, 0.05) is 12.6 Å². The zero-order valence-electron chi connectivity index (χ0n) is 10.3. The molecule has 0 saturated carbocycles. The maximum Gasteiger partial charge on any atom is 0.308 e.